The van der Waals surface area contributed by atoms with Crippen LogP contribution in [0.1, 0.15) is 44.2 Å². The van der Waals surface area contributed by atoms with Gasteiger partial charge in [0.1, 0.15) is 5.00 Å². The second-order valence-electron chi connectivity index (χ2n) is 7.41. The zero-order valence-corrected chi connectivity index (χ0v) is 18.9. The molecule has 0 saturated carbocycles. The molecular weight excluding hydrogens is 416 g/mol. The number of thiocarbonyl (C=S) groups is 1. The highest BCUT2D eigenvalue weighted by atomic mass is 32.1. The summed E-state index contributed by atoms with van der Waals surface area (Å²) in [5, 5.41) is 12.1. The zero-order chi connectivity index (χ0) is 21.3. The number of carbonyl (C=O) groups is 1. The molecule has 0 spiro atoms. The predicted octanol–water partition coefficient (Wildman–Crippen LogP) is 4.69. The smallest absolute Gasteiger partial charge is 0.341 e. The second-order valence-corrected chi connectivity index (χ2v) is 8.93. The summed E-state index contributed by atoms with van der Waals surface area (Å²) in [5.41, 5.74) is 5.93. The van der Waals surface area contributed by atoms with Crippen molar-refractivity contribution in [3.63, 3.8) is 0 Å². The Morgan fingerprint density at radius 1 is 1.23 bits per heavy atom. The maximum absolute atomic E-state index is 12.3. The largest absolute Gasteiger partial charge is 0.465 e. The number of hydrogen-bond acceptors (Lipinski definition) is 5. The number of methoxy groups -OCH3 is 1. The van der Waals surface area contributed by atoms with E-state index in [4.69, 9.17) is 17.0 Å². The minimum atomic E-state index is -0.312. The van der Waals surface area contributed by atoms with Gasteiger partial charge in [-0.05, 0) is 74.7 Å². The maximum atomic E-state index is 12.3. The van der Waals surface area contributed by atoms with Gasteiger partial charge in [0, 0.05) is 16.3 Å². The number of aromatic nitrogens is 2. The van der Waals surface area contributed by atoms with E-state index in [-0.39, 0.29) is 5.97 Å². The van der Waals surface area contributed by atoms with Crippen LogP contribution in [0, 0.1) is 13.8 Å². The molecule has 1 aliphatic rings. The van der Waals surface area contributed by atoms with Crippen LogP contribution in [0.5, 0.6) is 0 Å². The summed E-state index contributed by atoms with van der Waals surface area (Å²) in [6.45, 7) is 4.79. The molecule has 2 N–H and O–H groups in total. The second kappa shape index (κ2) is 8.57. The number of nitrogens with zero attached hydrogens (tertiary/aromatic N) is 2. The van der Waals surface area contributed by atoms with Gasteiger partial charge in [-0.3, -0.25) is 4.68 Å². The van der Waals surface area contributed by atoms with Crippen molar-refractivity contribution in [1.29, 1.82) is 0 Å². The van der Waals surface area contributed by atoms with E-state index in [0.717, 1.165) is 59.0 Å². The van der Waals surface area contributed by atoms with Gasteiger partial charge in [0.05, 0.1) is 24.9 Å². The fourth-order valence-electron chi connectivity index (χ4n) is 3.78. The molecule has 156 valence electrons. The maximum Gasteiger partial charge on any atom is 0.341 e. The normalized spacial score (nSPS) is 12.5. The minimum absolute atomic E-state index is 0.312. The van der Waals surface area contributed by atoms with E-state index in [1.54, 1.807) is 11.3 Å². The van der Waals surface area contributed by atoms with Gasteiger partial charge in [-0.15, -0.1) is 11.3 Å². The van der Waals surface area contributed by atoms with Crippen molar-refractivity contribution >= 4 is 45.3 Å². The van der Waals surface area contributed by atoms with E-state index in [0.29, 0.717) is 10.7 Å². The first-order valence-electron chi connectivity index (χ1n) is 9.85. The Kier molecular flexibility index (Phi) is 5.87. The Morgan fingerprint density at radius 2 is 2.00 bits per heavy atom. The van der Waals surface area contributed by atoms with Crippen molar-refractivity contribution in [3.8, 4) is 0 Å². The van der Waals surface area contributed by atoms with Crippen LogP contribution in [-0.4, -0.2) is 28.0 Å². The van der Waals surface area contributed by atoms with Crippen molar-refractivity contribution < 1.29 is 9.53 Å². The Morgan fingerprint density at radius 3 is 2.67 bits per heavy atom. The average molecular weight is 441 g/mol. The first-order valence-corrected chi connectivity index (χ1v) is 11.1. The Bertz CT molecular complexity index is 1100. The molecule has 3 aromatic rings. The number of anilines is 2. The van der Waals surface area contributed by atoms with Gasteiger partial charge in [0.15, 0.2) is 5.11 Å². The molecule has 0 radical (unpaired) electrons. The summed E-state index contributed by atoms with van der Waals surface area (Å²) in [5.74, 6) is -0.312. The number of nitrogens with one attached hydrogen (secondary N) is 2. The third-order valence-corrected chi connectivity index (χ3v) is 6.60. The zero-order valence-electron chi connectivity index (χ0n) is 17.2. The molecule has 0 aliphatic heterocycles. The Hall–Kier alpha value is -2.71. The summed E-state index contributed by atoms with van der Waals surface area (Å²) >= 11 is 7.07. The quantitative estimate of drug-likeness (QED) is 0.443. The number of fused-ring (bicyclic) bond motifs is 1. The van der Waals surface area contributed by atoms with Crippen LogP contribution in [0.2, 0.25) is 0 Å². The highest BCUT2D eigenvalue weighted by molar-refractivity contribution is 7.80. The third kappa shape index (κ3) is 4.24. The molecule has 0 atom stereocenters. The van der Waals surface area contributed by atoms with Gasteiger partial charge < -0.3 is 15.4 Å². The van der Waals surface area contributed by atoms with E-state index < -0.39 is 0 Å². The van der Waals surface area contributed by atoms with E-state index in [1.807, 2.05) is 23.7 Å². The lowest BCUT2D eigenvalue weighted by atomic mass is 10.1. The van der Waals surface area contributed by atoms with Crippen LogP contribution in [-0.2, 0) is 24.1 Å². The lowest BCUT2D eigenvalue weighted by molar-refractivity contribution is 0.0601. The van der Waals surface area contributed by atoms with Gasteiger partial charge in [0.2, 0.25) is 0 Å². The van der Waals surface area contributed by atoms with E-state index in [2.05, 4.69) is 40.9 Å². The van der Waals surface area contributed by atoms with Crippen LogP contribution < -0.4 is 10.6 Å². The number of esters is 1. The molecule has 8 heteroatoms. The van der Waals surface area contributed by atoms with Crippen LogP contribution in [0.3, 0.4) is 0 Å². The molecule has 0 amide bonds. The van der Waals surface area contributed by atoms with Gasteiger partial charge in [-0.2, -0.15) is 5.10 Å². The summed E-state index contributed by atoms with van der Waals surface area (Å²) in [6.07, 6.45) is 3.00. The fourth-order valence-corrected chi connectivity index (χ4v) is 5.34. The summed E-state index contributed by atoms with van der Waals surface area (Å²) in [6, 6.07) is 10.2. The molecule has 1 aromatic carbocycles. The molecule has 2 aromatic heterocycles. The van der Waals surface area contributed by atoms with Gasteiger partial charge >= 0.3 is 5.97 Å². The van der Waals surface area contributed by atoms with Crippen molar-refractivity contribution in [2.75, 3.05) is 17.7 Å². The lowest BCUT2D eigenvalue weighted by Crippen LogP contribution is -2.20. The van der Waals surface area contributed by atoms with Gasteiger partial charge in [-0.25, -0.2) is 4.79 Å². The molecule has 6 nitrogen and oxygen atoms in total. The highest BCUT2D eigenvalue weighted by Gasteiger charge is 2.27. The first-order chi connectivity index (χ1) is 14.4. The number of benzene rings is 1. The fraction of sp³-hybridized carbons (Fsp3) is 0.318. The lowest BCUT2D eigenvalue weighted by Gasteiger charge is -2.12. The molecule has 4 rings (SSSR count). The Balaban J connectivity index is 1.42. The number of hydrogen-bond donors (Lipinski definition) is 2. The highest BCUT2D eigenvalue weighted by Crippen LogP contribution is 2.39. The third-order valence-electron chi connectivity index (χ3n) is 5.19. The standard InChI is InChI=1S/C22H24N4O2S2/c1-13-11-14(2)26(25-13)12-15-7-9-16(10-8-15)23-22(29)24-20-19(21(27)28-3)17-5-4-6-18(17)30-20/h7-11H,4-6,12H2,1-3H3,(H2,23,24,29). The molecular formula is C22H24N4O2S2. The van der Waals surface area contributed by atoms with E-state index >= 15 is 0 Å². The van der Waals surface area contributed by atoms with Crippen molar-refractivity contribution in [2.45, 2.75) is 39.7 Å². The number of aryl methyl sites for hydroxylation is 3. The van der Waals surface area contributed by atoms with Crippen molar-refractivity contribution in [1.82, 2.24) is 9.78 Å². The number of ether oxygens (including phenoxy) is 1. The van der Waals surface area contributed by atoms with Crippen LogP contribution in [0.25, 0.3) is 0 Å². The number of thiophene rings is 1. The number of rotatable bonds is 5. The molecule has 0 fully saturated rings. The molecule has 2 heterocycles. The van der Waals surface area contributed by atoms with Crippen LogP contribution in [0.15, 0.2) is 30.3 Å². The summed E-state index contributed by atoms with van der Waals surface area (Å²) < 4.78 is 6.98. The first kappa shape index (κ1) is 20.6. The van der Waals surface area contributed by atoms with Crippen LogP contribution >= 0.6 is 23.6 Å². The molecule has 0 saturated heterocycles. The average Bonchev–Trinajstić information content (AvgIpc) is 3.37. The van der Waals surface area contributed by atoms with Crippen molar-refractivity contribution in [2.24, 2.45) is 0 Å². The molecule has 0 unspecified atom stereocenters. The minimum Gasteiger partial charge on any atom is -0.465 e. The van der Waals surface area contributed by atoms with Crippen LogP contribution in [0.4, 0.5) is 10.7 Å². The van der Waals surface area contributed by atoms with Crippen molar-refractivity contribution in [3.05, 3.63) is 63.3 Å². The molecule has 1 aliphatic carbocycles. The van der Waals surface area contributed by atoms with E-state index in [9.17, 15) is 4.79 Å². The molecule has 30 heavy (non-hydrogen) atoms. The topological polar surface area (TPSA) is 68.2 Å². The SMILES string of the molecule is COC(=O)c1c(NC(=S)Nc2ccc(Cn3nc(C)cc3C)cc2)sc2c1CCC2. The predicted molar refractivity (Wildman–Crippen MR) is 125 cm³/mol. The van der Waals surface area contributed by atoms with E-state index in [1.165, 1.54) is 12.0 Å². The summed E-state index contributed by atoms with van der Waals surface area (Å²) in [7, 11) is 1.41. The monoisotopic (exact) mass is 440 g/mol. The summed E-state index contributed by atoms with van der Waals surface area (Å²) in [4.78, 5) is 13.5. The number of carbonyl (C=O) groups excluding carboxylic acids is 1. The van der Waals surface area contributed by atoms with Gasteiger partial charge in [-0.1, -0.05) is 12.1 Å². The molecule has 0 bridgehead atoms. The Labute approximate surface area is 185 Å². The van der Waals surface area contributed by atoms with Gasteiger partial charge in [0.25, 0.3) is 0 Å².